The molecule has 2 heterocycles. The van der Waals surface area contributed by atoms with E-state index >= 15 is 0 Å². The van der Waals surface area contributed by atoms with Gasteiger partial charge in [0.2, 0.25) is 5.91 Å². The third-order valence-corrected chi connectivity index (χ3v) is 6.49. The summed E-state index contributed by atoms with van der Waals surface area (Å²) in [7, 11) is 1.64. The van der Waals surface area contributed by atoms with E-state index in [1.807, 2.05) is 36.4 Å². The maximum atomic E-state index is 13.9. The standard InChI is InChI=1S/C23H21BrN2O4/c1-4-30-21(28)17-11-18(27)13(2)19(14-8-6-5-7-9-14)23(17)16-10-15(24)12-25-20(16)26(3)22(23)29/h5-10,12,17,19H,2,4,11H2,1,3H3/t17-,19-,23-/m0/s1. The fourth-order valence-electron chi connectivity index (χ4n) is 4.84. The number of ketones is 1. The number of hydrogen-bond acceptors (Lipinski definition) is 5. The number of likely N-dealkylation sites (N-methyl/N-ethyl adjacent to an activating group) is 1. The Morgan fingerprint density at radius 2 is 2.03 bits per heavy atom. The van der Waals surface area contributed by atoms with Gasteiger partial charge in [-0.2, -0.15) is 0 Å². The Balaban J connectivity index is 2.08. The number of carbonyl (C=O) groups is 3. The van der Waals surface area contributed by atoms with Gasteiger partial charge in [0.15, 0.2) is 5.78 Å². The largest absolute Gasteiger partial charge is 0.466 e. The number of fused-ring (bicyclic) bond motifs is 2. The lowest BCUT2D eigenvalue weighted by Crippen LogP contribution is -2.56. The van der Waals surface area contributed by atoms with Crippen LogP contribution in [0.25, 0.3) is 0 Å². The minimum absolute atomic E-state index is 0.132. The maximum Gasteiger partial charge on any atom is 0.310 e. The molecule has 0 unspecified atom stereocenters. The lowest BCUT2D eigenvalue weighted by molar-refractivity contribution is -0.156. The van der Waals surface area contributed by atoms with Gasteiger partial charge in [-0.05, 0) is 40.1 Å². The van der Waals surface area contributed by atoms with Crippen molar-refractivity contribution in [2.24, 2.45) is 5.92 Å². The quantitative estimate of drug-likeness (QED) is 0.508. The fourth-order valence-corrected chi connectivity index (χ4v) is 5.18. The summed E-state index contributed by atoms with van der Waals surface area (Å²) in [6.07, 6.45) is 1.48. The molecule has 1 aliphatic carbocycles. The summed E-state index contributed by atoms with van der Waals surface area (Å²) in [5, 5.41) is 0. The van der Waals surface area contributed by atoms with Crippen LogP contribution in [0.3, 0.4) is 0 Å². The fraction of sp³-hybridized carbons (Fsp3) is 0.304. The van der Waals surface area contributed by atoms with Gasteiger partial charge in [-0.15, -0.1) is 0 Å². The Labute approximate surface area is 183 Å². The number of esters is 1. The first-order chi connectivity index (χ1) is 14.3. The first kappa shape index (κ1) is 20.5. The zero-order chi connectivity index (χ0) is 21.6. The number of rotatable bonds is 3. The molecule has 7 heteroatoms. The highest BCUT2D eigenvalue weighted by molar-refractivity contribution is 9.10. The average Bonchev–Trinajstić information content (AvgIpc) is 2.94. The van der Waals surface area contributed by atoms with Crippen molar-refractivity contribution in [1.29, 1.82) is 0 Å². The molecule has 1 saturated carbocycles. The molecule has 0 N–H and O–H groups in total. The first-order valence-corrected chi connectivity index (χ1v) is 10.5. The van der Waals surface area contributed by atoms with Crippen molar-refractivity contribution < 1.29 is 19.1 Å². The lowest BCUT2D eigenvalue weighted by Gasteiger charge is -2.45. The van der Waals surface area contributed by atoms with Crippen molar-refractivity contribution in [3.05, 3.63) is 70.3 Å². The van der Waals surface area contributed by atoms with Gasteiger partial charge in [0.05, 0.1) is 12.5 Å². The van der Waals surface area contributed by atoms with Crippen LogP contribution in [0.4, 0.5) is 5.82 Å². The van der Waals surface area contributed by atoms with Crippen LogP contribution in [0.5, 0.6) is 0 Å². The predicted octanol–water partition coefficient (Wildman–Crippen LogP) is 3.55. The molecule has 1 aromatic heterocycles. The lowest BCUT2D eigenvalue weighted by atomic mass is 9.54. The zero-order valence-corrected chi connectivity index (χ0v) is 18.3. The zero-order valence-electron chi connectivity index (χ0n) is 16.7. The van der Waals surface area contributed by atoms with E-state index in [1.165, 1.54) is 4.90 Å². The van der Waals surface area contributed by atoms with Gasteiger partial charge in [-0.1, -0.05) is 36.9 Å². The second-order valence-corrected chi connectivity index (χ2v) is 8.47. The summed E-state index contributed by atoms with van der Waals surface area (Å²) in [5.41, 5.74) is 0.306. The van der Waals surface area contributed by atoms with E-state index in [0.29, 0.717) is 21.4 Å². The molecule has 1 spiro atoms. The van der Waals surface area contributed by atoms with E-state index in [1.54, 1.807) is 20.2 Å². The molecule has 4 rings (SSSR count). The average molecular weight is 469 g/mol. The number of allylic oxidation sites excluding steroid dienone is 1. The molecule has 154 valence electrons. The summed E-state index contributed by atoms with van der Waals surface area (Å²) < 4.78 is 6.02. The topological polar surface area (TPSA) is 76.6 Å². The molecule has 3 atom stereocenters. The van der Waals surface area contributed by atoms with Crippen molar-refractivity contribution >= 4 is 39.4 Å². The van der Waals surface area contributed by atoms with Crippen LogP contribution >= 0.6 is 15.9 Å². The van der Waals surface area contributed by atoms with E-state index in [4.69, 9.17) is 4.74 Å². The number of carbonyl (C=O) groups excluding carboxylic acids is 3. The van der Waals surface area contributed by atoms with E-state index in [0.717, 1.165) is 5.56 Å². The minimum Gasteiger partial charge on any atom is -0.466 e. The normalized spacial score (nSPS) is 25.6. The Morgan fingerprint density at radius 3 is 2.70 bits per heavy atom. The van der Waals surface area contributed by atoms with Crippen LogP contribution in [0.2, 0.25) is 0 Å². The van der Waals surface area contributed by atoms with Gasteiger partial charge >= 0.3 is 5.97 Å². The van der Waals surface area contributed by atoms with E-state index in [2.05, 4.69) is 27.5 Å². The molecular weight excluding hydrogens is 448 g/mol. The van der Waals surface area contributed by atoms with Gasteiger partial charge in [0.1, 0.15) is 11.2 Å². The van der Waals surface area contributed by atoms with Crippen molar-refractivity contribution in [3.8, 4) is 0 Å². The van der Waals surface area contributed by atoms with E-state index in [-0.39, 0.29) is 24.7 Å². The van der Waals surface area contributed by atoms with Gasteiger partial charge in [0, 0.05) is 35.6 Å². The Kier molecular flexibility index (Phi) is 5.10. The second kappa shape index (κ2) is 7.47. The highest BCUT2D eigenvalue weighted by Crippen LogP contribution is 2.59. The number of anilines is 1. The number of nitrogens with zero attached hydrogens (tertiary/aromatic N) is 2. The number of pyridine rings is 1. The van der Waals surface area contributed by atoms with E-state index < -0.39 is 23.2 Å². The number of amides is 1. The Bertz CT molecular complexity index is 1070. The molecule has 1 aromatic carbocycles. The predicted molar refractivity (Wildman–Crippen MR) is 115 cm³/mol. The van der Waals surface area contributed by atoms with Crippen LogP contribution in [-0.4, -0.2) is 36.3 Å². The molecule has 1 aliphatic heterocycles. The molecule has 6 nitrogen and oxygen atoms in total. The van der Waals surface area contributed by atoms with Gasteiger partial charge < -0.3 is 4.74 Å². The third kappa shape index (κ3) is 2.75. The highest BCUT2D eigenvalue weighted by Gasteiger charge is 2.66. The van der Waals surface area contributed by atoms with Crippen LogP contribution in [0, 0.1) is 5.92 Å². The Hall–Kier alpha value is -2.80. The summed E-state index contributed by atoms with van der Waals surface area (Å²) >= 11 is 3.45. The number of ether oxygens (including phenoxy) is 1. The molecule has 1 fully saturated rings. The van der Waals surface area contributed by atoms with Crippen molar-refractivity contribution in [2.45, 2.75) is 24.7 Å². The number of hydrogen-bond donors (Lipinski definition) is 0. The number of Topliss-reactive ketones (excluding diaryl/α,β-unsaturated/α-hetero) is 1. The summed E-state index contributed by atoms with van der Waals surface area (Å²) in [5.74, 6) is -2.30. The number of aromatic nitrogens is 1. The summed E-state index contributed by atoms with van der Waals surface area (Å²) in [6.45, 7) is 5.92. The molecule has 1 amide bonds. The van der Waals surface area contributed by atoms with Crippen LogP contribution in [0.1, 0.15) is 30.4 Å². The molecular formula is C23H21BrN2O4. The van der Waals surface area contributed by atoms with Crippen LogP contribution < -0.4 is 4.90 Å². The third-order valence-electron chi connectivity index (χ3n) is 6.06. The molecule has 2 aromatic rings. The summed E-state index contributed by atoms with van der Waals surface area (Å²) in [4.78, 5) is 45.9. The number of benzene rings is 1. The van der Waals surface area contributed by atoms with Gasteiger partial charge in [0.25, 0.3) is 0 Å². The van der Waals surface area contributed by atoms with Crippen molar-refractivity contribution in [2.75, 3.05) is 18.6 Å². The smallest absolute Gasteiger partial charge is 0.310 e. The van der Waals surface area contributed by atoms with Crippen molar-refractivity contribution in [1.82, 2.24) is 4.98 Å². The van der Waals surface area contributed by atoms with Gasteiger partial charge in [-0.3, -0.25) is 19.3 Å². The van der Waals surface area contributed by atoms with E-state index in [9.17, 15) is 14.4 Å². The molecule has 2 aliphatic rings. The summed E-state index contributed by atoms with van der Waals surface area (Å²) in [6, 6.07) is 11.1. The SMILES string of the molecule is C=C1C(=O)C[C@@H](C(=O)OCC)[C@]2(C(=O)N(C)c3ncc(Br)cc32)[C@@H]1c1ccccc1. The van der Waals surface area contributed by atoms with Gasteiger partial charge in [-0.25, -0.2) is 4.98 Å². The van der Waals surface area contributed by atoms with Crippen LogP contribution in [0.15, 0.2) is 59.2 Å². The molecule has 0 saturated heterocycles. The molecule has 30 heavy (non-hydrogen) atoms. The molecule has 0 bridgehead atoms. The van der Waals surface area contributed by atoms with Crippen LogP contribution in [-0.2, 0) is 24.5 Å². The highest BCUT2D eigenvalue weighted by atomic mass is 79.9. The van der Waals surface area contributed by atoms with Crippen molar-refractivity contribution in [3.63, 3.8) is 0 Å². The minimum atomic E-state index is -1.36. The first-order valence-electron chi connectivity index (χ1n) is 9.71. The maximum absolute atomic E-state index is 13.9. The monoisotopic (exact) mass is 468 g/mol. The number of halogens is 1. The Morgan fingerprint density at radius 1 is 1.33 bits per heavy atom. The second-order valence-electron chi connectivity index (χ2n) is 7.56. The molecule has 0 radical (unpaired) electrons.